The van der Waals surface area contributed by atoms with Crippen LogP contribution in [0.1, 0.15) is 43.2 Å². The van der Waals surface area contributed by atoms with E-state index in [9.17, 15) is 4.79 Å². The lowest BCUT2D eigenvalue weighted by molar-refractivity contribution is -0.130. The normalized spacial score (nSPS) is 25.2. The van der Waals surface area contributed by atoms with Crippen LogP contribution in [0, 0.1) is 6.92 Å². The van der Waals surface area contributed by atoms with Gasteiger partial charge in [-0.25, -0.2) is 4.99 Å². The summed E-state index contributed by atoms with van der Waals surface area (Å²) in [6.07, 6.45) is 7.50. The predicted octanol–water partition coefficient (Wildman–Crippen LogP) is 2.87. The number of likely N-dealkylation sites (N-methyl/N-ethyl adjacent to an activating group) is 1. The number of nitrogens with zero attached hydrogens (tertiary/aromatic N) is 2. The topological polar surface area (TPSA) is 58.7 Å². The number of hydrogen-bond acceptors (Lipinski definition) is 3. The number of rotatable bonds is 3. The molecule has 4 heteroatoms. The number of aliphatic imine (C=N–C) groups is 1. The fourth-order valence-electron chi connectivity index (χ4n) is 3.40. The monoisotopic (exact) mass is 297 g/mol. The number of hydrogen-bond donors (Lipinski definition) is 1. The maximum absolute atomic E-state index is 12.9. The third-order valence-corrected chi connectivity index (χ3v) is 4.67. The maximum Gasteiger partial charge on any atom is 0.262 e. The summed E-state index contributed by atoms with van der Waals surface area (Å²) in [5.74, 6) is 0.282. The molecule has 0 bridgehead atoms. The van der Waals surface area contributed by atoms with Gasteiger partial charge in [-0.05, 0) is 38.2 Å². The van der Waals surface area contributed by atoms with Crippen LogP contribution >= 0.6 is 0 Å². The van der Waals surface area contributed by atoms with Crippen molar-refractivity contribution < 1.29 is 4.79 Å². The van der Waals surface area contributed by atoms with Gasteiger partial charge in [-0.3, -0.25) is 9.69 Å². The van der Waals surface area contributed by atoms with Crippen LogP contribution in [0.15, 0.2) is 40.9 Å². The minimum Gasteiger partial charge on any atom is -0.369 e. The van der Waals surface area contributed by atoms with Gasteiger partial charge in [0, 0.05) is 13.5 Å². The highest BCUT2D eigenvalue weighted by molar-refractivity contribution is 6.07. The second kappa shape index (κ2) is 5.59. The summed E-state index contributed by atoms with van der Waals surface area (Å²) in [7, 11) is 1.70. The van der Waals surface area contributed by atoms with E-state index in [0.29, 0.717) is 12.4 Å². The van der Waals surface area contributed by atoms with Crippen LogP contribution in [0.2, 0.25) is 0 Å². The molecule has 22 heavy (non-hydrogen) atoms. The molecule has 1 unspecified atom stereocenters. The van der Waals surface area contributed by atoms with Crippen molar-refractivity contribution in [2.24, 2.45) is 10.7 Å². The standard InChI is InChI=1S/C18H23N3O/c1-13-7-6-10-15(11-13)18(12-14-8-4-3-5-9-14)16(22)21(2)17(19)20-18/h6-8,10-11H,3-5,9,12H2,1-2H3,(H2,19,20). The van der Waals surface area contributed by atoms with Crippen molar-refractivity contribution in [3.05, 3.63) is 47.0 Å². The zero-order valence-corrected chi connectivity index (χ0v) is 13.3. The Bertz CT molecular complexity index is 662. The summed E-state index contributed by atoms with van der Waals surface area (Å²) in [4.78, 5) is 19.0. The zero-order chi connectivity index (χ0) is 15.7. The first kappa shape index (κ1) is 14.8. The Morgan fingerprint density at radius 2 is 2.18 bits per heavy atom. The van der Waals surface area contributed by atoms with Crippen LogP contribution < -0.4 is 5.73 Å². The largest absolute Gasteiger partial charge is 0.369 e. The summed E-state index contributed by atoms with van der Waals surface area (Å²) in [6.45, 7) is 2.04. The van der Waals surface area contributed by atoms with E-state index < -0.39 is 5.54 Å². The second-order valence-corrected chi connectivity index (χ2v) is 6.35. The molecule has 1 aliphatic carbocycles. The molecule has 0 saturated carbocycles. The van der Waals surface area contributed by atoms with Gasteiger partial charge in [-0.15, -0.1) is 0 Å². The fourth-order valence-corrected chi connectivity index (χ4v) is 3.40. The minimum absolute atomic E-state index is 0.0259. The first-order chi connectivity index (χ1) is 10.5. The van der Waals surface area contributed by atoms with Crippen LogP contribution in [-0.4, -0.2) is 23.8 Å². The lowest BCUT2D eigenvalue weighted by atomic mass is 9.80. The molecular formula is C18H23N3O. The number of allylic oxidation sites excluding steroid dienone is 1. The van der Waals surface area contributed by atoms with Gasteiger partial charge in [-0.2, -0.15) is 0 Å². The van der Waals surface area contributed by atoms with Crippen molar-refractivity contribution in [3.8, 4) is 0 Å². The van der Waals surface area contributed by atoms with Crippen molar-refractivity contribution in [1.82, 2.24) is 4.90 Å². The summed E-state index contributed by atoms with van der Waals surface area (Å²) < 4.78 is 0. The summed E-state index contributed by atoms with van der Waals surface area (Å²) >= 11 is 0. The van der Waals surface area contributed by atoms with Crippen LogP contribution in [0.25, 0.3) is 0 Å². The van der Waals surface area contributed by atoms with E-state index in [4.69, 9.17) is 5.73 Å². The molecule has 4 nitrogen and oxygen atoms in total. The van der Waals surface area contributed by atoms with E-state index >= 15 is 0 Å². The van der Waals surface area contributed by atoms with Crippen LogP contribution in [0.5, 0.6) is 0 Å². The smallest absolute Gasteiger partial charge is 0.262 e. The van der Waals surface area contributed by atoms with E-state index in [-0.39, 0.29) is 5.91 Å². The Morgan fingerprint density at radius 1 is 1.36 bits per heavy atom. The number of aryl methyl sites for hydroxylation is 1. The Balaban J connectivity index is 2.07. The maximum atomic E-state index is 12.9. The lowest BCUT2D eigenvalue weighted by Crippen LogP contribution is -2.40. The van der Waals surface area contributed by atoms with Crippen LogP contribution in [-0.2, 0) is 10.3 Å². The van der Waals surface area contributed by atoms with Gasteiger partial charge in [0.1, 0.15) is 0 Å². The van der Waals surface area contributed by atoms with Crippen LogP contribution in [0.4, 0.5) is 0 Å². The van der Waals surface area contributed by atoms with Gasteiger partial charge in [-0.1, -0.05) is 41.5 Å². The highest BCUT2D eigenvalue weighted by Gasteiger charge is 2.48. The molecule has 1 aromatic rings. The molecule has 0 spiro atoms. The molecule has 1 atom stereocenters. The van der Waals surface area contributed by atoms with Gasteiger partial charge in [0.05, 0.1) is 0 Å². The van der Waals surface area contributed by atoms with Crippen molar-refractivity contribution in [3.63, 3.8) is 0 Å². The predicted molar refractivity (Wildman–Crippen MR) is 88.4 cm³/mol. The van der Waals surface area contributed by atoms with Gasteiger partial charge in [0.25, 0.3) is 5.91 Å². The number of amides is 1. The molecule has 1 aromatic carbocycles. The molecule has 0 fully saturated rings. The molecular weight excluding hydrogens is 274 g/mol. The molecule has 3 rings (SSSR count). The molecule has 1 aliphatic heterocycles. The molecule has 116 valence electrons. The van der Waals surface area contributed by atoms with Gasteiger partial charge in [0.15, 0.2) is 11.5 Å². The summed E-state index contributed by atoms with van der Waals surface area (Å²) in [5, 5.41) is 0. The van der Waals surface area contributed by atoms with E-state index in [1.165, 1.54) is 23.3 Å². The number of benzene rings is 1. The Labute approximate surface area is 131 Å². The Hall–Kier alpha value is -2.10. The molecule has 2 aliphatic rings. The molecule has 1 heterocycles. The average Bonchev–Trinajstić information content (AvgIpc) is 2.73. The highest BCUT2D eigenvalue weighted by Crippen LogP contribution is 2.40. The van der Waals surface area contributed by atoms with Crippen molar-refractivity contribution >= 4 is 11.9 Å². The minimum atomic E-state index is -0.881. The quantitative estimate of drug-likeness (QED) is 0.872. The van der Waals surface area contributed by atoms with E-state index in [2.05, 4.69) is 17.1 Å². The van der Waals surface area contributed by atoms with Gasteiger partial charge >= 0.3 is 0 Å². The third kappa shape index (κ3) is 2.43. The molecule has 1 amide bonds. The number of guanidine groups is 1. The van der Waals surface area contributed by atoms with E-state index in [0.717, 1.165) is 24.0 Å². The number of carbonyl (C=O) groups excluding carboxylic acids is 1. The fraction of sp³-hybridized carbons (Fsp3) is 0.444. The van der Waals surface area contributed by atoms with Gasteiger partial charge in [0.2, 0.25) is 0 Å². The summed E-state index contributed by atoms with van der Waals surface area (Å²) in [6, 6.07) is 8.06. The van der Waals surface area contributed by atoms with Crippen molar-refractivity contribution in [2.45, 2.75) is 44.6 Å². The molecule has 0 radical (unpaired) electrons. The summed E-state index contributed by atoms with van der Waals surface area (Å²) in [5.41, 5.74) is 8.48. The van der Waals surface area contributed by atoms with E-state index in [1.54, 1.807) is 7.05 Å². The highest BCUT2D eigenvalue weighted by atomic mass is 16.2. The van der Waals surface area contributed by atoms with E-state index in [1.807, 2.05) is 25.1 Å². The molecule has 0 saturated heterocycles. The first-order valence-electron chi connectivity index (χ1n) is 7.91. The first-order valence-corrected chi connectivity index (χ1v) is 7.91. The van der Waals surface area contributed by atoms with Crippen molar-refractivity contribution in [2.75, 3.05) is 7.05 Å². The SMILES string of the molecule is Cc1cccc(C2(CC3=CCCCC3)N=C(N)N(C)C2=O)c1. The molecule has 0 aromatic heterocycles. The molecule has 2 N–H and O–H groups in total. The number of nitrogens with two attached hydrogens (primary N) is 1. The van der Waals surface area contributed by atoms with Crippen LogP contribution in [0.3, 0.4) is 0 Å². The van der Waals surface area contributed by atoms with Gasteiger partial charge < -0.3 is 5.73 Å². The Morgan fingerprint density at radius 3 is 2.77 bits per heavy atom. The average molecular weight is 297 g/mol. The lowest BCUT2D eigenvalue weighted by Gasteiger charge is -2.28. The van der Waals surface area contributed by atoms with Crippen molar-refractivity contribution in [1.29, 1.82) is 0 Å². The Kier molecular flexibility index (Phi) is 3.77. The number of carbonyl (C=O) groups is 1. The zero-order valence-electron chi connectivity index (χ0n) is 13.3. The second-order valence-electron chi connectivity index (χ2n) is 6.35. The third-order valence-electron chi connectivity index (χ3n) is 4.67.